The van der Waals surface area contributed by atoms with Crippen molar-refractivity contribution in [1.82, 2.24) is 4.72 Å². The lowest BCUT2D eigenvalue weighted by Gasteiger charge is -2.19. The van der Waals surface area contributed by atoms with Gasteiger partial charge in [-0.25, -0.2) is 13.1 Å². The molecular weight excluding hydrogens is 390 g/mol. The van der Waals surface area contributed by atoms with Crippen LogP contribution in [-0.4, -0.2) is 33.3 Å². The van der Waals surface area contributed by atoms with Crippen LogP contribution in [0.3, 0.4) is 0 Å². The summed E-state index contributed by atoms with van der Waals surface area (Å²) in [6, 6.07) is 9.68. The summed E-state index contributed by atoms with van der Waals surface area (Å²) in [6.07, 6.45) is -1.11. The van der Waals surface area contributed by atoms with E-state index < -0.39 is 16.1 Å². The Morgan fingerprint density at radius 1 is 1.11 bits per heavy atom. The zero-order chi connectivity index (χ0) is 18.9. The molecule has 9 heteroatoms. The summed E-state index contributed by atoms with van der Waals surface area (Å²) < 4.78 is 43.8. The molecule has 27 heavy (non-hydrogen) atoms. The fraction of sp³-hybridized carbons (Fsp3) is 0.222. The fourth-order valence-corrected chi connectivity index (χ4v) is 4.35. The number of fused-ring (bicyclic) bond motifs is 1. The lowest BCUT2D eigenvalue weighted by molar-refractivity contribution is 0.155. The molecule has 1 aliphatic rings. The lowest BCUT2D eigenvalue weighted by atomic mass is 10.2. The van der Waals surface area contributed by atoms with Crippen LogP contribution in [0.5, 0.6) is 11.5 Å². The molecule has 0 aliphatic carbocycles. The summed E-state index contributed by atoms with van der Waals surface area (Å²) in [4.78, 5) is 0.0392. The maximum atomic E-state index is 12.5. The molecule has 0 saturated heterocycles. The molecular formula is C18H17NO6S2. The van der Waals surface area contributed by atoms with E-state index >= 15 is 0 Å². The molecule has 0 spiro atoms. The normalized spacial score (nSPS) is 14.9. The van der Waals surface area contributed by atoms with E-state index in [2.05, 4.69) is 4.72 Å². The summed E-state index contributed by atoms with van der Waals surface area (Å²) in [5.41, 5.74) is 0.912. The minimum Gasteiger partial charge on any atom is -0.486 e. The Balaban J connectivity index is 1.44. The van der Waals surface area contributed by atoms with Gasteiger partial charge in [-0.05, 0) is 35.7 Å². The van der Waals surface area contributed by atoms with E-state index in [0.29, 0.717) is 36.2 Å². The summed E-state index contributed by atoms with van der Waals surface area (Å²) in [6.45, 7) is 0.584. The smallest absolute Gasteiger partial charge is 0.240 e. The molecule has 0 saturated carbocycles. The molecule has 0 radical (unpaired) electrons. The molecule has 2 aromatic heterocycles. The van der Waals surface area contributed by atoms with Crippen LogP contribution in [-0.2, 0) is 10.0 Å². The van der Waals surface area contributed by atoms with Gasteiger partial charge in [-0.15, -0.1) is 0 Å². The van der Waals surface area contributed by atoms with E-state index in [-0.39, 0.29) is 11.4 Å². The Morgan fingerprint density at radius 2 is 1.93 bits per heavy atom. The van der Waals surface area contributed by atoms with E-state index in [1.807, 2.05) is 16.8 Å². The van der Waals surface area contributed by atoms with E-state index in [0.717, 1.165) is 5.56 Å². The molecule has 142 valence electrons. The standard InChI is InChI=1S/C18H17NO6S2/c20-14(16-4-3-15(25-16)12-5-8-26-11-12)10-19-27(21,22)13-1-2-17-18(9-13)24-7-6-23-17/h1-5,8-9,11,14,19-20H,6-7,10H2/t14-/m1/s1. The van der Waals surface area contributed by atoms with Crippen LogP contribution < -0.4 is 14.2 Å². The predicted octanol–water partition coefficient (Wildman–Crippen LogP) is 2.79. The van der Waals surface area contributed by atoms with Gasteiger partial charge in [0, 0.05) is 23.6 Å². The summed E-state index contributed by atoms with van der Waals surface area (Å²) >= 11 is 1.54. The minimum atomic E-state index is -3.82. The van der Waals surface area contributed by atoms with Crippen LogP contribution >= 0.6 is 11.3 Å². The highest BCUT2D eigenvalue weighted by Gasteiger charge is 2.22. The molecule has 0 unspecified atom stereocenters. The van der Waals surface area contributed by atoms with Crippen LogP contribution in [0.25, 0.3) is 11.3 Å². The van der Waals surface area contributed by atoms with Crippen molar-refractivity contribution in [3.8, 4) is 22.8 Å². The van der Waals surface area contributed by atoms with Gasteiger partial charge in [-0.2, -0.15) is 11.3 Å². The van der Waals surface area contributed by atoms with Crippen molar-refractivity contribution in [2.24, 2.45) is 0 Å². The Morgan fingerprint density at radius 3 is 2.70 bits per heavy atom. The Hall–Kier alpha value is -2.33. The third-order valence-electron chi connectivity index (χ3n) is 4.05. The molecule has 0 fully saturated rings. The summed E-state index contributed by atoms with van der Waals surface area (Å²) in [5, 5.41) is 14.1. The van der Waals surface area contributed by atoms with E-state index in [4.69, 9.17) is 13.9 Å². The zero-order valence-electron chi connectivity index (χ0n) is 14.1. The molecule has 1 aromatic carbocycles. The van der Waals surface area contributed by atoms with Crippen LogP contribution in [0.4, 0.5) is 0 Å². The molecule has 0 amide bonds. The Labute approximate surface area is 160 Å². The molecule has 4 rings (SSSR count). The van der Waals surface area contributed by atoms with Gasteiger partial charge in [-0.1, -0.05) is 0 Å². The number of thiophene rings is 1. The van der Waals surface area contributed by atoms with Crippen LogP contribution in [0, 0.1) is 0 Å². The van der Waals surface area contributed by atoms with Gasteiger partial charge in [-0.3, -0.25) is 0 Å². The second-order valence-electron chi connectivity index (χ2n) is 5.89. The maximum absolute atomic E-state index is 12.5. The highest BCUT2D eigenvalue weighted by Crippen LogP contribution is 2.32. The zero-order valence-corrected chi connectivity index (χ0v) is 15.8. The summed E-state index contributed by atoms with van der Waals surface area (Å²) in [5.74, 6) is 1.81. The van der Waals surface area contributed by atoms with Crippen molar-refractivity contribution in [3.63, 3.8) is 0 Å². The Bertz CT molecular complexity index is 1030. The minimum absolute atomic E-state index is 0.0392. The number of nitrogens with one attached hydrogen (secondary N) is 1. The van der Waals surface area contributed by atoms with Crippen molar-refractivity contribution in [2.75, 3.05) is 19.8 Å². The number of rotatable bonds is 6. The highest BCUT2D eigenvalue weighted by molar-refractivity contribution is 7.89. The number of benzene rings is 1. The third kappa shape index (κ3) is 3.86. The topological polar surface area (TPSA) is 98.0 Å². The first-order valence-electron chi connectivity index (χ1n) is 8.22. The highest BCUT2D eigenvalue weighted by atomic mass is 32.2. The van der Waals surface area contributed by atoms with Crippen LogP contribution in [0.15, 0.2) is 56.5 Å². The lowest BCUT2D eigenvalue weighted by Crippen LogP contribution is -2.28. The van der Waals surface area contributed by atoms with Gasteiger partial charge in [0.2, 0.25) is 10.0 Å². The molecule has 3 heterocycles. The second-order valence-corrected chi connectivity index (χ2v) is 8.43. The monoisotopic (exact) mass is 407 g/mol. The van der Waals surface area contributed by atoms with Crippen molar-refractivity contribution in [3.05, 3.63) is 52.9 Å². The van der Waals surface area contributed by atoms with Crippen LogP contribution in [0.1, 0.15) is 11.9 Å². The van der Waals surface area contributed by atoms with Gasteiger partial charge in [0.1, 0.15) is 30.8 Å². The fourth-order valence-electron chi connectivity index (χ4n) is 2.66. The van der Waals surface area contributed by atoms with Gasteiger partial charge in [0.05, 0.1) is 4.90 Å². The van der Waals surface area contributed by atoms with Crippen molar-refractivity contribution in [2.45, 2.75) is 11.0 Å². The Kier molecular flexibility index (Phi) is 4.92. The van der Waals surface area contributed by atoms with Gasteiger partial charge >= 0.3 is 0 Å². The summed E-state index contributed by atoms with van der Waals surface area (Å²) in [7, 11) is -3.82. The molecule has 1 aliphatic heterocycles. The molecule has 1 atom stereocenters. The van der Waals surface area contributed by atoms with Crippen molar-refractivity contribution < 1.29 is 27.4 Å². The van der Waals surface area contributed by atoms with Crippen LogP contribution in [0.2, 0.25) is 0 Å². The van der Waals surface area contributed by atoms with E-state index in [1.54, 1.807) is 18.2 Å². The first-order chi connectivity index (χ1) is 13.0. The van der Waals surface area contributed by atoms with Gasteiger partial charge < -0.3 is 19.0 Å². The average Bonchev–Trinajstić information content (AvgIpc) is 3.37. The number of aliphatic hydroxyl groups excluding tert-OH is 1. The third-order valence-corrected chi connectivity index (χ3v) is 6.16. The second kappa shape index (κ2) is 7.35. The molecule has 3 aromatic rings. The number of sulfonamides is 1. The van der Waals surface area contributed by atoms with Gasteiger partial charge in [0.25, 0.3) is 0 Å². The average molecular weight is 407 g/mol. The number of ether oxygens (including phenoxy) is 2. The first kappa shape index (κ1) is 18.1. The SMILES string of the molecule is O=S(=O)(NC[C@@H](O)c1ccc(-c2ccsc2)o1)c1ccc2c(c1)OCCO2. The number of hydrogen-bond acceptors (Lipinski definition) is 7. The quantitative estimate of drug-likeness (QED) is 0.652. The van der Waals surface area contributed by atoms with E-state index in [1.165, 1.54) is 23.5 Å². The number of furan rings is 1. The van der Waals surface area contributed by atoms with Crippen molar-refractivity contribution >= 4 is 21.4 Å². The number of aliphatic hydroxyl groups is 1. The number of hydrogen-bond donors (Lipinski definition) is 2. The molecule has 2 N–H and O–H groups in total. The van der Waals surface area contributed by atoms with Gasteiger partial charge in [0.15, 0.2) is 11.5 Å². The largest absolute Gasteiger partial charge is 0.486 e. The molecule has 7 nitrogen and oxygen atoms in total. The maximum Gasteiger partial charge on any atom is 0.240 e. The first-order valence-corrected chi connectivity index (χ1v) is 10.7. The molecule has 0 bridgehead atoms. The van der Waals surface area contributed by atoms with E-state index in [9.17, 15) is 13.5 Å². The predicted molar refractivity (Wildman–Crippen MR) is 99.6 cm³/mol. The van der Waals surface area contributed by atoms with Crippen molar-refractivity contribution in [1.29, 1.82) is 0 Å².